The van der Waals surface area contributed by atoms with Crippen LogP contribution in [0.5, 0.6) is 0 Å². The first-order valence-electron chi connectivity index (χ1n) is 6.79. The van der Waals surface area contributed by atoms with Crippen LogP contribution in [0.4, 0.5) is 0 Å². The summed E-state index contributed by atoms with van der Waals surface area (Å²) in [7, 11) is 0. The predicted molar refractivity (Wildman–Crippen MR) is 81.8 cm³/mol. The van der Waals surface area contributed by atoms with Gasteiger partial charge in [-0.25, -0.2) is 4.98 Å². The van der Waals surface area contributed by atoms with E-state index in [9.17, 15) is 0 Å². The molecular weight excluding hydrogens is 254 g/mol. The average molecular weight is 275 g/mol. The lowest BCUT2D eigenvalue weighted by molar-refractivity contribution is 0.800. The van der Waals surface area contributed by atoms with Gasteiger partial charge in [0.05, 0.1) is 5.69 Å². The Hall–Kier alpha value is -1.26. The molecule has 0 atom stereocenters. The first kappa shape index (κ1) is 14.2. The van der Waals surface area contributed by atoms with Crippen molar-refractivity contribution in [3.63, 3.8) is 0 Å². The summed E-state index contributed by atoms with van der Waals surface area (Å²) in [6.45, 7) is 4.89. The van der Waals surface area contributed by atoms with Gasteiger partial charge in [-0.2, -0.15) is 0 Å². The lowest BCUT2D eigenvalue weighted by Gasteiger charge is -2.15. The quantitative estimate of drug-likeness (QED) is 0.822. The highest BCUT2D eigenvalue weighted by molar-refractivity contribution is 7.99. The van der Waals surface area contributed by atoms with E-state index in [-0.39, 0.29) is 0 Å². The molecule has 102 valence electrons. The number of thioether (sulfide) groups is 1. The predicted octanol–water partition coefficient (Wildman–Crippen LogP) is 3.40. The van der Waals surface area contributed by atoms with Crippen LogP contribution in [0.1, 0.15) is 31.7 Å². The van der Waals surface area contributed by atoms with Crippen LogP contribution in [0, 0.1) is 0 Å². The van der Waals surface area contributed by atoms with E-state index < -0.39 is 0 Å². The van der Waals surface area contributed by atoms with Crippen LogP contribution in [0.3, 0.4) is 0 Å². The Balaban J connectivity index is 2.48. The minimum Gasteiger partial charge on any atom is -0.326 e. The second-order valence-corrected chi connectivity index (χ2v) is 5.66. The molecule has 0 aliphatic carbocycles. The molecule has 4 heteroatoms. The van der Waals surface area contributed by atoms with Crippen molar-refractivity contribution in [1.82, 2.24) is 9.55 Å². The number of benzene rings is 1. The monoisotopic (exact) mass is 275 g/mol. The molecule has 0 unspecified atom stereocenters. The normalized spacial score (nSPS) is 10.9. The highest BCUT2D eigenvalue weighted by atomic mass is 32.2. The van der Waals surface area contributed by atoms with Crippen molar-refractivity contribution in [1.29, 1.82) is 0 Å². The molecule has 19 heavy (non-hydrogen) atoms. The average Bonchev–Trinajstić information content (AvgIpc) is 2.87. The van der Waals surface area contributed by atoms with E-state index in [4.69, 9.17) is 5.73 Å². The van der Waals surface area contributed by atoms with Gasteiger partial charge in [-0.1, -0.05) is 19.9 Å². The molecule has 0 spiro atoms. The van der Waals surface area contributed by atoms with Gasteiger partial charge in [-0.15, -0.1) is 11.8 Å². The first-order valence-corrected chi connectivity index (χ1v) is 7.77. The summed E-state index contributed by atoms with van der Waals surface area (Å²) in [5.41, 5.74) is 8.35. The highest BCUT2D eigenvalue weighted by Gasteiger charge is 2.11. The fraction of sp³-hybridized carbons (Fsp3) is 0.400. The second-order valence-electron chi connectivity index (χ2n) is 4.35. The maximum absolute atomic E-state index is 5.96. The van der Waals surface area contributed by atoms with Gasteiger partial charge < -0.3 is 10.3 Å². The Morgan fingerprint density at radius 1 is 1.32 bits per heavy atom. The van der Waals surface area contributed by atoms with E-state index >= 15 is 0 Å². The zero-order valence-electron chi connectivity index (χ0n) is 11.6. The molecule has 0 aliphatic rings. The topological polar surface area (TPSA) is 43.8 Å². The number of nitrogens with zero attached hydrogens (tertiary/aromatic N) is 2. The van der Waals surface area contributed by atoms with Crippen molar-refractivity contribution in [3.05, 3.63) is 42.0 Å². The van der Waals surface area contributed by atoms with E-state index in [2.05, 4.69) is 41.6 Å². The van der Waals surface area contributed by atoms with E-state index in [1.807, 2.05) is 24.2 Å². The smallest absolute Gasteiger partial charge is 0.113 e. The Labute approximate surface area is 119 Å². The summed E-state index contributed by atoms with van der Waals surface area (Å²) in [5.74, 6) is 2.17. The zero-order valence-corrected chi connectivity index (χ0v) is 12.4. The van der Waals surface area contributed by atoms with Crippen LogP contribution >= 0.6 is 11.8 Å². The van der Waals surface area contributed by atoms with E-state index in [0.717, 1.165) is 24.4 Å². The number of hydrogen-bond acceptors (Lipinski definition) is 3. The molecule has 1 aromatic heterocycles. The molecule has 2 aromatic rings. The van der Waals surface area contributed by atoms with Crippen LogP contribution in [0.25, 0.3) is 5.69 Å². The Bertz CT molecular complexity index is 534. The third kappa shape index (κ3) is 3.01. The van der Waals surface area contributed by atoms with Crippen LogP contribution in [-0.2, 0) is 13.0 Å². The molecule has 0 fully saturated rings. The Kier molecular flexibility index (Phi) is 5.05. The molecule has 0 radical (unpaired) electrons. The molecule has 0 aliphatic heterocycles. The first-order chi connectivity index (χ1) is 9.31. The SMILES string of the molecule is CCCc1nccn1-c1cccc(SCC)c1CN. The number of imidazole rings is 1. The van der Waals surface area contributed by atoms with Crippen LogP contribution in [-0.4, -0.2) is 15.3 Å². The van der Waals surface area contributed by atoms with Gasteiger partial charge in [0.2, 0.25) is 0 Å². The largest absolute Gasteiger partial charge is 0.326 e. The Morgan fingerprint density at radius 3 is 2.84 bits per heavy atom. The molecule has 1 aromatic carbocycles. The molecule has 1 heterocycles. The number of aromatic nitrogens is 2. The van der Waals surface area contributed by atoms with Crippen molar-refractivity contribution in [2.45, 2.75) is 38.1 Å². The summed E-state index contributed by atoms with van der Waals surface area (Å²) in [4.78, 5) is 5.73. The highest BCUT2D eigenvalue weighted by Crippen LogP contribution is 2.28. The van der Waals surface area contributed by atoms with Gasteiger partial charge in [0, 0.05) is 35.8 Å². The standard InChI is InChI=1S/C15H21N3S/c1-3-6-15-17-9-10-18(15)13-7-5-8-14(19-4-2)12(13)11-16/h5,7-10H,3-4,6,11,16H2,1-2H3. The third-order valence-electron chi connectivity index (χ3n) is 3.06. The number of hydrogen-bond donors (Lipinski definition) is 1. The van der Waals surface area contributed by atoms with E-state index in [1.165, 1.54) is 16.1 Å². The van der Waals surface area contributed by atoms with Crippen LogP contribution in [0.15, 0.2) is 35.5 Å². The van der Waals surface area contributed by atoms with Gasteiger partial charge in [-0.05, 0) is 24.3 Å². The minimum absolute atomic E-state index is 0.558. The minimum atomic E-state index is 0.558. The lowest BCUT2D eigenvalue weighted by Crippen LogP contribution is -2.08. The fourth-order valence-electron chi connectivity index (χ4n) is 2.24. The molecule has 0 saturated heterocycles. The van der Waals surface area contributed by atoms with Crippen LogP contribution < -0.4 is 5.73 Å². The van der Waals surface area contributed by atoms with Crippen LogP contribution in [0.2, 0.25) is 0 Å². The van der Waals surface area contributed by atoms with Crippen molar-refractivity contribution in [2.75, 3.05) is 5.75 Å². The zero-order chi connectivity index (χ0) is 13.7. The van der Waals surface area contributed by atoms with Crippen molar-refractivity contribution in [3.8, 4) is 5.69 Å². The number of rotatable bonds is 6. The fourth-order valence-corrected chi connectivity index (χ4v) is 3.09. The van der Waals surface area contributed by atoms with Gasteiger partial charge >= 0.3 is 0 Å². The molecule has 3 nitrogen and oxygen atoms in total. The van der Waals surface area contributed by atoms with Gasteiger partial charge in [0.25, 0.3) is 0 Å². The summed E-state index contributed by atoms with van der Waals surface area (Å²) < 4.78 is 2.17. The maximum Gasteiger partial charge on any atom is 0.113 e. The molecule has 2 N–H and O–H groups in total. The molecule has 0 saturated carbocycles. The summed E-state index contributed by atoms with van der Waals surface area (Å²) in [6, 6.07) is 6.38. The Morgan fingerprint density at radius 2 is 2.16 bits per heavy atom. The van der Waals surface area contributed by atoms with E-state index in [0.29, 0.717) is 6.54 Å². The lowest BCUT2D eigenvalue weighted by atomic mass is 10.1. The number of aryl methyl sites for hydroxylation is 1. The second kappa shape index (κ2) is 6.78. The maximum atomic E-state index is 5.96. The summed E-state index contributed by atoms with van der Waals surface area (Å²) in [6.07, 6.45) is 5.98. The van der Waals surface area contributed by atoms with Crippen molar-refractivity contribution >= 4 is 11.8 Å². The summed E-state index contributed by atoms with van der Waals surface area (Å²) >= 11 is 1.84. The van der Waals surface area contributed by atoms with Crippen molar-refractivity contribution < 1.29 is 0 Å². The van der Waals surface area contributed by atoms with Gasteiger partial charge in [-0.3, -0.25) is 0 Å². The van der Waals surface area contributed by atoms with Gasteiger partial charge in [0.15, 0.2) is 0 Å². The molecule has 0 amide bonds. The molecular formula is C15H21N3S. The summed E-state index contributed by atoms with van der Waals surface area (Å²) in [5, 5.41) is 0. The molecule has 2 rings (SSSR count). The third-order valence-corrected chi connectivity index (χ3v) is 4.04. The molecule has 0 bridgehead atoms. The van der Waals surface area contributed by atoms with E-state index in [1.54, 1.807) is 0 Å². The van der Waals surface area contributed by atoms with Gasteiger partial charge in [0.1, 0.15) is 5.82 Å². The number of nitrogens with two attached hydrogens (primary N) is 1. The van der Waals surface area contributed by atoms with Crippen molar-refractivity contribution in [2.24, 2.45) is 5.73 Å².